The number of hydrogen-bond acceptors (Lipinski definition) is 3. The first-order valence-corrected chi connectivity index (χ1v) is 8.46. The van der Waals surface area contributed by atoms with Gasteiger partial charge in [-0.1, -0.05) is 37.1 Å². The van der Waals surface area contributed by atoms with Gasteiger partial charge in [-0.2, -0.15) is 5.10 Å². The zero-order valence-corrected chi connectivity index (χ0v) is 13.5. The van der Waals surface area contributed by atoms with Crippen LogP contribution in [-0.2, 0) is 11.3 Å². The van der Waals surface area contributed by atoms with E-state index >= 15 is 0 Å². The number of anilines is 1. The highest BCUT2D eigenvalue weighted by Gasteiger charge is 2.23. The Morgan fingerprint density at radius 2 is 2.00 bits per heavy atom. The van der Waals surface area contributed by atoms with Crippen molar-refractivity contribution in [2.45, 2.75) is 32.2 Å². The number of carbonyl (C=O) groups excluding carboxylic acids is 1. The molecular weight excluding hydrogens is 300 g/mol. The van der Waals surface area contributed by atoms with Gasteiger partial charge in [0.05, 0.1) is 12.1 Å². The van der Waals surface area contributed by atoms with Crippen LogP contribution in [0, 0.1) is 5.92 Å². The van der Waals surface area contributed by atoms with Crippen LogP contribution in [0.25, 0.3) is 10.9 Å². The summed E-state index contributed by atoms with van der Waals surface area (Å²) in [7, 11) is 0. The number of carbonyl (C=O) groups is 1. The second-order valence-electron chi connectivity index (χ2n) is 6.36. The Hall–Kier alpha value is -2.69. The highest BCUT2D eigenvalue weighted by Crippen LogP contribution is 2.25. The number of nitrogens with zero attached hydrogens (tertiary/aromatic N) is 3. The maximum atomic E-state index is 12.2. The van der Waals surface area contributed by atoms with Crippen LogP contribution in [0.1, 0.15) is 31.2 Å². The van der Waals surface area contributed by atoms with Crippen LogP contribution in [0.3, 0.4) is 0 Å². The first-order chi connectivity index (χ1) is 11.8. The molecule has 1 amide bonds. The highest BCUT2D eigenvalue weighted by atomic mass is 16.2. The molecule has 1 saturated carbocycles. The van der Waals surface area contributed by atoms with Gasteiger partial charge in [0.15, 0.2) is 5.82 Å². The highest BCUT2D eigenvalue weighted by molar-refractivity contribution is 5.91. The Labute approximate surface area is 140 Å². The van der Waals surface area contributed by atoms with Crippen molar-refractivity contribution in [2.75, 3.05) is 5.32 Å². The summed E-state index contributed by atoms with van der Waals surface area (Å²) in [6, 6.07) is 12.0. The molecule has 1 aliphatic carbocycles. The predicted molar refractivity (Wildman–Crippen MR) is 93.7 cm³/mol. The maximum absolute atomic E-state index is 12.2. The lowest BCUT2D eigenvalue weighted by Gasteiger charge is -2.08. The molecule has 122 valence electrons. The van der Waals surface area contributed by atoms with Crippen molar-refractivity contribution in [2.24, 2.45) is 5.92 Å². The van der Waals surface area contributed by atoms with E-state index in [9.17, 15) is 4.79 Å². The molecule has 0 saturated heterocycles. The maximum Gasteiger partial charge on any atom is 0.228 e. The summed E-state index contributed by atoms with van der Waals surface area (Å²) in [6.45, 7) is 0.633. The largest absolute Gasteiger partial charge is 0.309 e. The number of para-hydroxylation sites is 1. The topological polar surface area (TPSA) is 59.8 Å². The van der Waals surface area contributed by atoms with E-state index in [4.69, 9.17) is 0 Å². The number of rotatable bonds is 4. The van der Waals surface area contributed by atoms with Gasteiger partial charge in [0.2, 0.25) is 5.91 Å². The van der Waals surface area contributed by atoms with Gasteiger partial charge in [0.1, 0.15) is 0 Å². The van der Waals surface area contributed by atoms with E-state index in [1.807, 2.05) is 35.3 Å². The van der Waals surface area contributed by atoms with Crippen LogP contribution in [0.2, 0.25) is 0 Å². The van der Waals surface area contributed by atoms with Crippen molar-refractivity contribution < 1.29 is 4.79 Å². The summed E-state index contributed by atoms with van der Waals surface area (Å²) >= 11 is 0. The summed E-state index contributed by atoms with van der Waals surface area (Å²) < 4.78 is 1.84. The molecule has 5 heteroatoms. The third kappa shape index (κ3) is 3.02. The fourth-order valence-electron chi connectivity index (χ4n) is 3.40. The second kappa shape index (κ2) is 6.43. The monoisotopic (exact) mass is 320 g/mol. The van der Waals surface area contributed by atoms with Gasteiger partial charge in [0.25, 0.3) is 0 Å². The van der Waals surface area contributed by atoms with Crippen molar-refractivity contribution in [3.8, 4) is 0 Å². The first-order valence-electron chi connectivity index (χ1n) is 8.46. The third-order valence-electron chi connectivity index (χ3n) is 4.67. The van der Waals surface area contributed by atoms with E-state index in [1.54, 1.807) is 0 Å². The first kappa shape index (κ1) is 14.9. The molecule has 0 radical (unpaired) electrons. The van der Waals surface area contributed by atoms with Gasteiger partial charge in [0, 0.05) is 29.8 Å². The second-order valence-corrected chi connectivity index (χ2v) is 6.36. The van der Waals surface area contributed by atoms with Crippen LogP contribution in [0.4, 0.5) is 5.82 Å². The minimum atomic E-state index is 0.101. The number of amides is 1. The fourth-order valence-corrected chi connectivity index (χ4v) is 3.40. The van der Waals surface area contributed by atoms with Crippen LogP contribution >= 0.6 is 0 Å². The zero-order valence-electron chi connectivity index (χ0n) is 13.5. The molecule has 5 nitrogen and oxygen atoms in total. The van der Waals surface area contributed by atoms with Gasteiger partial charge in [-0.05, 0) is 24.5 Å². The average Bonchev–Trinajstić information content (AvgIpc) is 3.27. The van der Waals surface area contributed by atoms with Gasteiger partial charge in [-0.3, -0.25) is 14.5 Å². The zero-order chi connectivity index (χ0) is 16.4. The molecule has 1 aromatic carbocycles. The quantitative estimate of drug-likeness (QED) is 0.799. The Kier molecular flexibility index (Phi) is 3.99. The van der Waals surface area contributed by atoms with Gasteiger partial charge in [-0.25, -0.2) is 0 Å². The molecule has 0 atom stereocenters. The van der Waals surface area contributed by atoms with Crippen molar-refractivity contribution >= 4 is 22.6 Å². The summed E-state index contributed by atoms with van der Waals surface area (Å²) in [5.74, 6) is 0.877. The van der Waals surface area contributed by atoms with E-state index in [-0.39, 0.29) is 11.8 Å². The van der Waals surface area contributed by atoms with E-state index < -0.39 is 0 Å². The predicted octanol–water partition coefficient (Wildman–Crippen LogP) is 3.61. The number of pyridine rings is 1. The summed E-state index contributed by atoms with van der Waals surface area (Å²) in [4.78, 5) is 16.7. The molecule has 1 aliphatic rings. The molecule has 1 fully saturated rings. The van der Waals surface area contributed by atoms with Gasteiger partial charge >= 0.3 is 0 Å². The molecule has 4 rings (SSSR count). The van der Waals surface area contributed by atoms with Crippen molar-refractivity contribution in [3.63, 3.8) is 0 Å². The minimum Gasteiger partial charge on any atom is -0.309 e. The van der Waals surface area contributed by atoms with Gasteiger partial charge < -0.3 is 5.32 Å². The van der Waals surface area contributed by atoms with E-state index in [1.165, 1.54) is 0 Å². The van der Waals surface area contributed by atoms with E-state index in [0.717, 1.165) is 42.1 Å². The van der Waals surface area contributed by atoms with Crippen LogP contribution in [0.15, 0.2) is 48.8 Å². The Morgan fingerprint density at radius 3 is 2.88 bits per heavy atom. The smallest absolute Gasteiger partial charge is 0.228 e. The minimum absolute atomic E-state index is 0.101. The molecule has 3 aromatic rings. The Bertz CT molecular complexity index is 859. The molecule has 2 heterocycles. The molecule has 0 bridgehead atoms. The lowest BCUT2D eigenvalue weighted by molar-refractivity contribution is -0.119. The lowest BCUT2D eigenvalue weighted by atomic mass is 10.1. The number of nitrogens with one attached hydrogen (secondary N) is 1. The van der Waals surface area contributed by atoms with Crippen LogP contribution in [-0.4, -0.2) is 20.7 Å². The number of benzene rings is 1. The van der Waals surface area contributed by atoms with Crippen LogP contribution in [0.5, 0.6) is 0 Å². The molecule has 0 aliphatic heterocycles. The lowest BCUT2D eigenvalue weighted by Crippen LogP contribution is -2.20. The van der Waals surface area contributed by atoms with Crippen molar-refractivity contribution in [1.82, 2.24) is 14.8 Å². The van der Waals surface area contributed by atoms with E-state index in [0.29, 0.717) is 12.4 Å². The SMILES string of the molecule is O=C(Nc1ccn(Cc2cccc3cccnc23)n1)C1CCCC1. The summed E-state index contributed by atoms with van der Waals surface area (Å²) in [5, 5.41) is 8.54. The molecule has 1 N–H and O–H groups in total. The fraction of sp³-hybridized carbons (Fsp3) is 0.316. The molecule has 0 unspecified atom stereocenters. The number of aromatic nitrogens is 3. The van der Waals surface area contributed by atoms with Crippen LogP contribution < -0.4 is 5.32 Å². The standard InChI is InChI=1S/C19H20N4O/c24-19(15-5-1-2-6-15)21-17-10-12-23(22-17)13-16-8-3-7-14-9-4-11-20-18(14)16/h3-4,7-12,15H,1-2,5-6,13H2,(H,21,22,24). The third-order valence-corrected chi connectivity index (χ3v) is 4.67. The number of hydrogen-bond donors (Lipinski definition) is 1. The average molecular weight is 320 g/mol. The molecule has 0 spiro atoms. The Balaban J connectivity index is 1.49. The molecule has 24 heavy (non-hydrogen) atoms. The molecule has 2 aromatic heterocycles. The normalized spacial score (nSPS) is 15.0. The number of fused-ring (bicyclic) bond motifs is 1. The molecular formula is C19H20N4O. The van der Waals surface area contributed by atoms with E-state index in [2.05, 4.69) is 33.6 Å². The Morgan fingerprint density at radius 1 is 1.17 bits per heavy atom. The summed E-state index contributed by atoms with van der Waals surface area (Å²) in [6.07, 6.45) is 8.00. The van der Waals surface area contributed by atoms with Crippen molar-refractivity contribution in [1.29, 1.82) is 0 Å². The van der Waals surface area contributed by atoms with Crippen molar-refractivity contribution in [3.05, 3.63) is 54.4 Å². The summed E-state index contributed by atoms with van der Waals surface area (Å²) in [5.41, 5.74) is 2.11. The van der Waals surface area contributed by atoms with Gasteiger partial charge in [-0.15, -0.1) is 0 Å².